The first-order valence-corrected chi connectivity index (χ1v) is 8.00. The Bertz CT molecular complexity index is 584. The van der Waals surface area contributed by atoms with Crippen molar-refractivity contribution in [2.24, 2.45) is 0 Å². The van der Waals surface area contributed by atoms with Gasteiger partial charge in [0.1, 0.15) is 0 Å². The number of aromatic hydroxyl groups is 1. The Balaban J connectivity index is 1.98. The number of fused-ring (bicyclic) bond motifs is 1. The van der Waals surface area contributed by atoms with E-state index < -0.39 is 0 Å². The van der Waals surface area contributed by atoms with Crippen LogP contribution in [0.5, 0.6) is 11.5 Å². The summed E-state index contributed by atoms with van der Waals surface area (Å²) in [7, 11) is 2.11. The molecule has 22 heavy (non-hydrogen) atoms. The third-order valence-electron chi connectivity index (χ3n) is 4.94. The fraction of sp³-hybridized carbons (Fsp3) is 0.556. The van der Waals surface area contributed by atoms with Gasteiger partial charge in [0, 0.05) is 11.5 Å². The minimum absolute atomic E-state index is 0.0324. The molecule has 120 valence electrons. The molecule has 0 saturated carbocycles. The minimum atomic E-state index is -0.379. The predicted octanol–water partition coefficient (Wildman–Crippen LogP) is 2.44. The molecule has 4 heteroatoms. The largest absolute Gasteiger partial charge is 0.504 e. The van der Waals surface area contributed by atoms with Gasteiger partial charge < -0.3 is 19.8 Å². The van der Waals surface area contributed by atoms with Crippen LogP contribution < -0.4 is 4.74 Å². The molecule has 1 saturated heterocycles. The first kappa shape index (κ1) is 15.4. The molecule has 1 fully saturated rings. The lowest BCUT2D eigenvalue weighted by atomic mass is 9.69. The highest BCUT2D eigenvalue weighted by Crippen LogP contribution is 2.46. The van der Waals surface area contributed by atoms with Crippen molar-refractivity contribution >= 4 is 0 Å². The first-order chi connectivity index (χ1) is 10.4. The smallest absolute Gasteiger partial charge is 0.161 e. The highest BCUT2D eigenvalue weighted by Gasteiger charge is 2.47. The zero-order chi connectivity index (χ0) is 15.9. The second-order valence-corrected chi connectivity index (χ2v) is 6.80. The number of nitrogens with zero attached hydrogens (tertiary/aromatic N) is 1. The Kier molecular flexibility index (Phi) is 3.91. The molecule has 1 aromatic rings. The first-order valence-electron chi connectivity index (χ1n) is 8.00. The van der Waals surface area contributed by atoms with Crippen molar-refractivity contribution in [3.8, 4) is 11.5 Å². The second kappa shape index (κ2) is 5.60. The van der Waals surface area contributed by atoms with Crippen LogP contribution in [0.1, 0.15) is 32.3 Å². The van der Waals surface area contributed by atoms with Gasteiger partial charge in [-0.25, -0.2) is 0 Å². The van der Waals surface area contributed by atoms with Crippen molar-refractivity contribution in [2.75, 3.05) is 13.6 Å². The van der Waals surface area contributed by atoms with Gasteiger partial charge in [-0.15, -0.1) is 0 Å². The van der Waals surface area contributed by atoms with E-state index in [4.69, 9.17) is 4.74 Å². The Labute approximate surface area is 132 Å². The van der Waals surface area contributed by atoms with Gasteiger partial charge in [0.15, 0.2) is 11.5 Å². The van der Waals surface area contributed by atoms with Crippen molar-refractivity contribution in [3.63, 3.8) is 0 Å². The Hall–Kier alpha value is -1.52. The summed E-state index contributed by atoms with van der Waals surface area (Å²) in [6.07, 6.45) is 5.41. The number of aliphatic hydroxyl groups is 1. The van der Waals surface area contributed by atoms with Crippen molar-refractivity contribution < 1.29 is 14.9 Å². The summed E-state index contributed by atoms with van der Waals surface area (Å²) in [6, 6.07) is 5.99. The zero-order valence-electron chi connectivity index (χ0n) is 13.5. The van der Waals surface area contributed by atoms with Crippen molar-refractivity contribution in [2.45, 2.75) is 50.4 Å². The molecular formula is C18H25NO3. The standard InChI is InChI=1S/C18H25NO3/c1-12(2)22-16-5-4-13(10-15(16)21)18-7-6-14(20)11-17(18)19(3)9-8-18/h4-7,10,12,14,17,20-21H,8-9,11H2,1-3H3/t14-,17-,18-/m0/s1. The van der Waals surface area contributed by atoms with Gasteiger partial charge in [-0.05, 0) is 58.0 Å². The van der Waals surface area contributed by atoms with E-state index in [1.807, 2.05) is 38.1 Å². The van der Waals surface area contributed by atoms with E-state index in [9.17, 15) is 10.2 Å². The van der Waals surface area contributed by atoms with E-state index in [0.29, 0.717) is 5.75 Å². The summed E-state index contributed by atoms with van der Waals surface area (Å²) in [4.78, 5) is 2.31. The molecule has 1 aliphatic carbocycles. The Morgan fingerprint density at radius 1 is 1.36 bits per heavy atom. The molecule has 1 heterocycles. The van der Waals surface area contributed by atoms with E-state index in [-0.39, 0.29) is 29.4 Å². The van der Waals surface area contributed by atoms with Crippen LogP contribution in [0.2, 0.25) is 0 Å². The summed E-state index contributed by atoms with van der Waals surface area (Å²) in [5.74, 6) is 0.714. The highest BCUT2D eigenvalue weighted by molar-refractivity contribution is 5.48. The molecular weight excluding hydrogens is 278 g/mol. The van der Waals surface area contributed by atoms with Crippen LogP contribution in [0.4, 0.5) is 0 Å². The molecule has 0 radical (unpaired) electrons. The molecule has 0 aromatic heterocycles. The number of benzene rings is 1. The van der Waals surface area contributed by atoms with Gasteiger partial charge >= 0.3 is 0 Å². The molecule has 0 amide bonds. The zero-order valence-corrected chi connectivity index (χ0v) is 13.5. The van der Waals surface area contributed by atoms with Gasteiger partial charge in [-0.2, -0.15) is 0 Å². The van der Waals surface area contributed by atoms with Crippen LogP contribution in [-0.2, 0) is 5.41 Å². The van der Waals surface area contributed by atoms with Gasteiger partial charge in [0.2, 0.25) is 0 Å². The number of rotatable bonds is 3. The van der Waals surface area contributed by atoms with Gasteiger partial charge in [0.25, 0.3) is 0 Å². The van der Waals surface area contributed by atoms with E-state index in [2.05, 4.69) is 18.0 Å². The van der Waals surface area contributed by atoms with E-state index in [0.717, 1.165) is 24.9 Å². The van der Waals surface area contributed by atoms with Crippen LogP contribution in [0, 0.1) is 0 Å². The summed E-state index contributed by atoms with van der Waals surface area (Å²) in [5.41, 5.74) is 0.973. The molecule has 0 spiro atoms. The van der Waals surface area contributed by atoms with E-state index >= 15 is 0 Å². The minimum Gasteiger partial charge on any atom is -0.504 e. The third kappa shape index (κ3) is 2.50. The van der Waals surface area contributed by atoms with Crippen LogP contribution in [0.15, 0.2) is 30.4 Å². The monoisotopic (exact) mass is 303 g/mol. The quantitative estimate of drug-likeness (QED) is 0.842. The number of likely N-dealkylation sites (N-methyl/N-ethyl adjacent to an activating group) is 1. The van der Waals surface area contributed by atoms with E-state index in [1.165, 1.54) is 0 Å². The van der Waals surface area contributed by atoms with Crippen LogP contribution in [0.3, 0.4) is 0 Å². The maximum atomic E-state index is 10.3. The molecule has 2 N–H and O–H groups in total. The summed E-state index contributed by atoms with van der Waals surface area (Å²) < 4.78 is 5.62. The molecule has 1 aromatic carbocycles. The van der Waals surface area contributed by atoms with Gasteiger partial charge in [-0.3, -0.25) is 0 Å². The van der Waals surface area contributed by atoms with Gasteiger partial charge in [0.05, 0.1) is 12.2 Å². The lowest BCUT2D eigenvalue weighted by molar-refractivity contribution is 0.137. The average molecular weight is 303 g/mol. The fourth-order valence-electron chi connectivity index (χ4n) is 3.85. The number of hydrogen-bond acceptors (Lipinski definition) is 4. The topological polar surface area (TPSA) is 52.9 Å². The number of hydrogen-bond donors (Lipinski definition) is 2. The Morgan fingerprint density at radius 3 is 2.82 bits per heavy atom. The molecule has 0 unspecified atom stereocenters. The van der Waals surface area contributed by atoms with Crippen molar-refractivity contribution in [3.05, 3.63) is 35.9 Å². The number of likely N-dealkylation sites (tertiary alicyclic amines) is 1. The summed E-state index contributed by atoms with van der Waals surface area (Å²) >= 11 is 0. The maximum absolute atomic E-state index is 10.3. The number of phenolic OH excluding ortho intramolecular Hbond substituents is 1. The van der Waals surface area contributed by atoms with Crippen LogP contribution in [0.25, 0.3) is 0 Å². The molecule has 0 bridgehead atoms. The number of ether oxygens (including phenoxy) is 1. The SMILES string of the molecule is CC(C)Oc1ccc([C@@]23C=C[C@H](O)C[C@@H]2N(C)CC3)cc1O. The van der Waals surface area contributed by atoms with E-state index in [1.54, 1.807) is 0 Å². The molecule has 3 rings (SSSR count). The van der Waals surface area contributed by atoms with Crippen LogP contribution >= 0.6 is 0 Å². The third-order valence-corrected chi connectivity index (χ3v) is 4.94. The Morgan fingerprint density at radius 2 is 2.14 bits per heavy atom. The summed E-state index contributed by atoms with van der Waals surface area (Å²) in [5, 5.41) is 20.2. The summed E-state index contributed by atoms with van der Waals surface area (Å²) in [6.45, 7) is 4.88. The molecule has 4 nitrogen and oxygen atoms in total. The number of aliphatic hydroxyl groups excluding tert-OH is 1. The molecule has 1 aliphatic heterocycles. The van der Waals surface area contributed by atoms with Crippen molar-refractivity contribution in [1.29, 1.82) is 0 Å². The lowest BCUT2D eigenvalue weighted by Crippen LogP contribution is -2.44. The number of phenols is 1. The van der Waals surface area contributed by atoms with Gasteiger partial charge in [-0.1, -0.05) is 18.2 Å². The lowest BCUT2D eigenvalue weighted by Gasteiger charge is -2.39. The molecule has 3 atom stereocenters. The highest BCUT2D eigenvalue weighted by atomic mass is 16.5. The molecule has 2 aliphatic rings. The van der Waals surface area contributed by atoms with Crippen molar-refractivity contribution in [1.82, 2.24) is 4.90 Å². The fourth-order valence-corrected chi connectivity index (χ4v) is 3.85. The predicted molar refractivity (Wildman–Crippen MR) is 86.3 cm³/mol. The van der Waals surface area contributed by atoms with Crippen LogP contribution in [-0.4, -0.2) is 47.0 Å². The second-order valence-electron chi connectivity index (χ2n) is 6.80. The average Bonchev–Trinajstić information content (AvgIpc) is 2.79. The normalized spacial score (nSPS) is 31.5. The maximum Gasteiger partial charge on any atom is 0.161 e.